The maximum atomic E-state index is 13.0. The van der Waals surface area contributed by atoms with Crippen LogP contribution < -0.4 is 10.6 Å². The van der Waals surface area contributed by atoms with E-state index >= 15 is 0 Å². The molecule has 2 heterocycles. The number of nitrogens with one attached hydrogen (secondary N) is 2. The molecule has 0 radical (unpaired) electrons. The summed E-state index contributed by atoms with van der Waals surface area (Å²) in [6, 6.07) is 8.97. The molecule has 2 amide bonds. The molecule has 3 rings (SSSR count). The second-order valence-corrected chi connectivity index (χ2v) is 9.02. The highest BCUT2D eigenvalue weighted by molar-refractivity contribution is 7.14. The van der Waals surface area contributed by atoms with E-state index in [0.29, 0.717) is 35.0 Å². The van der Waals surface area contributed by atoms with Crippen molar-refractivity contribution < 1.29 is 14.4 Å². The number of nitrogens with zero attached hydrogens (tertiary/aromatic N) is 3. The van der Waals surface area contributed by atoms with Gasteiger partial charge in [0.15, 0.2) is 5.13 Å². The summed E-state index contributed by atoms with van der Waals surface area (Å²) in [7, 11) is 0. The summed E-state index contributed by atoms with van der Waals surface area (Å²) in [4.78, 5) is 41.6. The van der Waals surface area contributed by atoms with Crippen LogP contribution in [0.15, 0.2) is 35.7 Å². The summed E-state index contributed by atoms with van der Waals surface area (Å²) >= 11 is 2.33. The van der Waals surface area contributed by atoms with Gasteiger partial charge < -0.3 is 15.4 Å². The molecule has 0 unspecified atom stereocenters. The summed E-state index contributed by atoms with van der Waals surface area (Å²) in [6.07, 6.45) is 3.25. The lowest BCUT2D eigenvalue weighted by Crippen LogP contribution is -2.43. The minimum Gasteiger partial charge on any atom is -0.339 e. The first kappa shape index (κ1) is 23.7. The molecule has 0 aliphatic heterocycles. The third-order valence-corrected chi connectivity index (χ3v) is 6.39. The summed E-state index contributed by atoms with van der Waals surface area (Å²) in [5.41, 5.74) is 2.27. The molecule has 0 aliphatic rings. The topological polar surface area (TPSA) is 114 Å². The number of unbranched alkanes of at least 4 members (excludes halogenated alkanes) is 2. The van der Waals surface area contributed by atoms with Crippen LogP contribution in [0.5, 0.6) is 0 Å². The van der Waals surface area contributed by atoms with Gasteiger partial charge in [-0.2, -0.15) is 0 Å². The van der Waals surface area contributed by atoms with Crippen LogP contribution in [-0.2, 0) is 9.59 Å². The number of carbonyl (C=O) groups excluding carboxylic acids is 3. The lowest BCUT2D eigenvalue weighted by atomic mass is 10.1. The molecule has 3 aromatic rings. The molecular formula is C22H25N5O3S2. The number of thiazole rings is 1. The normalized spacial score (nSPS) is 11.7. The first-order chi connectivity index (χ1) is 15.4. The van der Waals surface area contributed by atoms with Crippen molar-refractivity contribution in [2.24, 2.45) is 0 Å². The molecule has 10 heteroatoms. The molecule has 0 fully saturated rings. The van der Waals surface area contributed by atoms with Gasteiger partial charge in [0, 0.05) is 17.4 Å². The van der Waals surface area contributed by atoms with E-state index in [1.165, 1.54) is 11.3 Å². The number of amides is 2. The van der Waals surface area contributed by atoms with Crippen molar-refractivity contribution >= 4 is 45.6 Å². The molecule has 0 bridgehead atoms. The highest BCUT2D eigenvalue weighted by atomic mass is 32.1. The average Bonchev–Trinajstić information content (AvgIpc) is 3.42. The van der Waals surface area contributed by atoms with Crippen LogP contribution in [0.4, 0.5) is 5.13 Å². The minimum atomic E-state index is -0.731. The number of rotatable bonds is 11. The quantitative estimate of drug-likeness (QED) is 0.404. The fourth-order valence-corrected chi connectivity index (χ4v) is 4.38. The zero-order chi connectivity index (χ0) is 22.9. The predicted octanol–water partition coefficient (Wildman–Crippen LogP) is 4.25. The van der Waals surface area contributed by atoms with Gasteiger partial charge in [0.25, 0.3) is 5.91 Å². The van der Waals surface area contributed by atoms with Gasteiger partial charge in [-0.1, -0.05) is 47.7 Å². The number of anilines is 1. The summed E-state index contributed by atoms with van der Waals surface area (Å²) in [5, 5.41) is 11.8. The summed E-state index contributed by atoms with van der Waals surface area (Å²) < 4.78 is 3.79. The number of aromatic nitrogens is 3. The first-order valence-electron chi connectivity index (χ1n) is 10.3. The Kier molecular flexibility index (Phi) is 8.57. The van der Waals surface area contributed by atoms with E-state index in [1.807, 2.05) is 35.7 Å². The van der Waals surface area contributed by atoms with Crippen LogP contribution in [0, 0.1) is 6.92 Å². The largest absolute Gasteiger partial charge is 0.339 e. The van der Waals surface area contributed by atoms with Crippen LogP contribution >= 0.6 is 22.9 Å². The van der Waals surface area contributed by atoms with Crippen LogP contribution in [-0.4, -0.2) is 38.2 Å². The lowest BCUT2D eigenvalue weighted by Gasteiger charge is -2.17. The smallest absolute Gasteiger partial charge is 0.265 e. The Labute approximate surface area is 194 Å². The molecule has 0 aliphatic carbocycles. The zero-order valence-electron chi connectivity index (χ0n) is 18.0. The van der Waals surface area contributed by atoms with Crippen molar-refractivity contribution in [1.29, 1.82) is 0 Å². The SMILES string of the molecule is CC(=O)CCCCC[C@H](NC(=O)c1snnc1C)C(=O)Nc1nc(-c2ccccc2)cs1. The van der Waals surface area contributed by atoms with Crippen molar-refractivity contribution in [1.82, 2.24) is 19.9 Å². The number of ketones is 1. The number of hydrogen-bond acceptors (Lipinski definition) is 8. The summed E-state index contributed by atoms with van der Waals surface area (Å²) in [5.74, 6) is -0.543. The van der Waals surface area contributed by atoms with Gasteiger partial charge in [-0.3, -0.25) is 9.59 Å². The first-order valence-corrected chi connectivity index (χ1v) is 12.0. The molecule has 8 nitrogen and oxygen atoms in total. The molecule has 2 N–H and O–H groups in total. The van der Waals surface area contributed by atoms with Gasteiger partial charge in [-0.05, 0) is 38.2 Å². The number of hydrogen-bond donors (Lipinski definition) is 2. The van der Waals surface area contributed by atoms with Gasteiger partial charge in [-0.15, -0.1) is 16.4 Å². The molecule has 1 aromatic carbocycles. The van der Waals surface area contributed by atoms with Gasteiger partial charge in [-0.25, -0.2) is 4.98 Å². The van der Waals surface area contributed by atoms with Crippen molar-refractivity contribution in [2.45, 2.75) is 52.0 Å². The van der Waals surface area contributed by atoms with E-state index in [2.05, 4.69) is 25.2 Å². The second-order valence-electron chi connectivity index (χ2n) is 7.41. The van der Waals surface area contributed by atoms with Crippen LogP contribution in [0.1, 0.15) is 54.4 Å². The fraction of sp³-hybridized carbons (Fsp3) is 0.364. The predicted molar refractivity (Wildman–Crippen MR) is 126 cm³/mol. The zero-order valence-corrected chi connectivity index (χ0v) is 19.6. The molecule has 0 spiro atoms. The van der Waals surface area contributed by atoms with E-state index in [9.17, 15) is 14.4 Å². The number of Topliss-reactive ketones (excluding diaryl/α,β-unsaturated/α-hetero) is 1. The molecule has 32 heavy (non-hydrogen) atoms. The monoisotopic (exact) mass is 471 g/mol. The number of aryl methyl sites for hydroxylation is 1. The van der Waals surface area contributed by atoms with Crippen LogP contribution in [0.25, 0.3) is 11.3 Å². The van der Waals surface area contributed by atoms with E-state index in [1.54, 1.807) is 13.8 Å². The standard InChI is InChI=1S/C22H25N5O3S2/c1-14(28)9-5-3-8-12-17(23-21(30)19-15(2)26-27-32-19)20(29)25-22-24-18(13-31-22)16-10-6-4-7-11-16/h4,6-7,10-11,13,17H,3,5,8-9,12H2,1-2H3,(H,23,30)(H,24,25,29)/t17-/m0/s1. The number of benzene rings is 1. The Morgan fingerprint density at radius 2 is 1.88 bits per heavy atom. The fourth-order valence-electron chi connectivity index (χ4n) is 3.10. The molecule has 168 valence electrons. The van der Waals surface area contributed by atoms with Crippen LogP contribution in [0.3, 0.4) is 0 Å². The molecule has 1 atom stereocenters. The molecular weight excluding hydrogens is 446 g/mol. The van der Waals surface area contributed by atoms with Gasteiger partial charge in [0.2, 0.25) is 5.91 Å². The summed E-state index contributed by atoms with van der Waals surface area (Å²) in [6.45, 7) is 3.27. The number of carbonyl (C=O) groups is 3. The van der Waals surface area contributed by atoms with Gasteiger partial charge in [0.05, 0.1) is 11.4 Å². The molecule has 0 saturated heterocycles. The Balaban J connectivity index is 1.65. The Hall–Kier alpha value is -2.98. The van der Waals surface area contributed by atoms with E-state index in [-0.39, 0.29) is 17.6 Å². The van der Waals surface area contributed by atoms with Crippen molar-refractivity contribution in [3.8, 4) is 11.3 Å². The van der Waals surface area contributed by atoms with Crippen molar-refractivity contribution in [3.63, 3.8) is 0 Å². The van der Waals surface area contributed by atoms with E-state index < -0.39 is 6.04 Å². The lowest BCUT2D eigenvalue weighted by molar-refractivity contribution is -0.118. The molecule has 0 saturated carbocycles. The van der Waals surface area contributed by atoms with Crippen molar-refractivity contribution in [3.05, 3.63) is 46.3 Å². The Bertz CT molecular complexity index is 1060. The highest BCUT2D eigenvalue weighted by Crippen LogP contribution is 2.25. The van der Waals surface area contributed by atoms with Crippen LogP contribution in [0.2, 0.25) is 0 Å². The average molecular weight is 472 g/mol. The molecule has 2 aromatic heterocycles. The van der Waals surface area contributed by atoms with E-state index in [0.717, 1.165) is 35.6 Å². The van der Waals surface area contributed by atoms with Gasteiger partial charge >= 0.3 is 0 Å². The maximum Gasteiger partial charge on any atom is 0.265 e. The Morgan fingerprint density at radius 1 is 1.09 bits per heavy atom. The van der Waals surface area contributed by atoms with Crippen molar-refractivity contribution in [2.75, 3.05) is 5.32 Å². The third kappa shape index (κ3) is 6.76. The second kappa shape index (κ2) is 11.6. The van der Waals surface area contributed by atoms with Gasteiger partial charge in [0.1, 0.15) is 16.7 Å². The highest BCUT2D eigenvalue weighted by Gasteiger charge is 2.24. The third-order valence-electron chi connectivity index (χ3n) is 4.81. The minimum absolute atomic E-state index is 0.152. The maximum absolute atomic E-state index is 13.0. The van der Waals surface area contributed by atoms with E-state index in [4.69, 9.17) is 0 Å². The Morgan fingerprint density at radius 3 is 2.56 bits per heavy atom.